The van der Waals surface area contributed by atoms with Gasteiger partial charge in [0.2, 0.25) is 5.91 Å². The maximum absolute atomic E-state index is 12.9. The highest BCUT2D eigenvalue weighted by molar-refractivity contribution is 6.10. The number of hydrogen-bond acceptors (Lipinski definition) is 4. The third kappa shape index (κ3) is 4.50. The van der Waals surface area contributed by atoms with E-state index in [0.717, 1.165) is 18.2 Å². The highest BCUT2D eigenvalue weighted by Crippen LogP contribution is 2.31. The molecule has 0 spiro atoms. The van der Waals surface area contributed by atoms with E-state index < -0.39 is 23.4 Å². The molecule has 1 aromatic heterocycles. The Bertz CT molecular complexity index is 1140. The van der Waals surface area contributed by atoms with Crippen LogP contribution >= 0.6 is 0 Å². The first-order valence-corrected chi connectivity index (χ1v) is 9.67. The second-order valence-corrected chi connectivity index (χ2v) is 7.12. The molecule has 0 radical (unpaired) electrons. The second-order valence-electron chi connectivity index (χ2n) is 7.12. The van der Waals surface area contributed by atoms with E-state index in [1.165, 1.54) is 10.6 Å². The maximum Gasteiger partial charge on any atom is 0.454 e. The summed E-state index contributed by atoms with van der Waals surface area (Å²) in [6.07, 6.45) is -3.13. The molecule has 0 atom stereocenters. The minimum absolute atomic E-state index is 0.153. The second kappa shape index (κ2) is 8.33. The normalized spacial score (nSPS) is 13.6. The molecule has 162 valence electrons. The minimum atomic E-state index is -4.99. The van der Waals surface area contributed by atoms with E-state index >= 15 is 0 Å². The Morgan fingerprint density at radius 3 is 2.55 bits per heavy atom. The number of benzene rings is 2. The average Bonchev–Trinajstić information content (AvgIpc) is 2.93. The van der Waals surface area contributed by atoms with Gasteiger partial charge in [0.15, 0.2) is 11.5 Å². The summed E-state index contributed by atoms with van der Waals surface area (Å²) >= 11 is 0. The molecule has 0 unspecified atom stereocenters. The number of para-hydroxylation sites is 1. The molecule has 0 saturated heterocycles. The molecule has 1 N–H and O–H groups in total. The lowest BCUT2D eigenvalue weighted by Crippen LogP contribution is -2.27. The molecule has 1 amide bonds. The fourth-order valence-electron chi connectivity index (χ4n) is 3.44. The number of carbonyl (C=O) groups is 2. The van der Waals surface area contributed by atoms with Crippen molar-refractivity contribution < 1.29 is 32.2 Å². The van der Waals surface area contributed by atoms with Crippen LogP contribution in [-0.2, 0) is 17.9 Å². The number of aromatic nitrogens is 1. The maximum atomic E-state index is 12.9. The van der Waals surface area contributed by atoms with Crippen molar-refractivity contribution in [2.24, 2.45) is 0 Å². The van der Waals surface area contributed by atoms with Crippen LogP contribution in [0.5, 0.6) is 11.5 Å². The molecule has 3 aromatic rings. The summed E-state index contributed by atoms with van der Waals surface area (Å²) in [6.45, 7) is 1.11. The van der Waals surface area contributed by atoms with Crippen molar-refractivity contribution in [2.45, 2.75) is 25.7 Å². The Labute approximate surface area is 175 Å². The van der Waals surface area contributed by atoms with E-state index in [1.54, 1.807) is 36.4 Å². The molecular formula is C22H19F3N2O4. The number of hydrogen-bond donors (Lipinski definition) is 1. The molecule has 0 aliphatic carbocycles. The van der Waals surface area contributed by atoms with E-state index in [0.29, 0.717) is 30.2 Å². The number of ketones is 1. The summed E-state index contributed by atoms with van der Waals surface area (Å²) in [7, 11) is 0. The molecule has 4 rings (SSSR count). The summed E-state index contributed by atoms with van der Waals surface area (Å²) in [6, 6.07) is 11.5. The summed E-state index contributed by atoms with van der Waals surface area (Å²) in [5.74, 6) is -1.09. The third-order valence-electron chi connectivity index (χ3n) is 4.91. The van der Waals surface area contributed by atoms with E-state index in [1.807, 2.05) is 0 Å². The predicted molar refractivity (Wildman–Crippen MR) is 106 cm³/mol. The number of halogens is 3. The number of alkyl halides is 3. The lowest BCUT2D eigenvalue weighted by molar-refractivity contribution is -0.121. The van der Waals surface area contributed by atoms with Gasteiger partial charge >= 0.3 is 6.18 Å². The number of ether oxygens (including phenoxy) is 2. The van der Waals surface area contributed by atoms with Gasteiger partial charge in [0.25, 0.3) is 5.78 Å². The smallest absolute Gasteiger partial charge is 0.454 e. The number of carbonyl (C=O) groups excluding carboxylic acids is 2. The van der Waals surface area contributed by atoms with Gasteiger partial charge in [0.1, 0.15) is 6.54 Å². The van der Waals surface area contributed by atoms with Crippen LogP contribution in [0.3, 0.4) is 0 Å². The summed E-state index contributed by atoms with van der Waals surface area (Å²) in [5.41, 5.74) is 0.697. The SMILES string of the molecule is O=C(Cn1cc(C(=O)C(F)(F)F)c2ccccc21)NCc1ccc2c(c1)OCCCO2. The zero-order valence-corrected chi connectivity index (χ0v) is 16.4. The Morgan fingerprint density at radius 2 is 1.77 bits per heavy atom. The molecule has 0 saturated carbocycles. The Balaban J connectivity index is 1.48. The van der Waals surface area contributed by atoms with E-state index in [4.69, 9.17) is 9.47 Å². The minimum Gasteiger partial charge on any atom is -0.490 e. The molecule has 2 heterocycles. The molecule has 1 aliphatic rings. The van der Waals surface area contributed by atoms with Gasteiger partial charge < -0.3 is 19.4 Å². The third-order valence-corrected chi connectivity index (χ3v) is 4.91. The van der Waals surface area contributed by atoms with Gasteiger partial charge in [-0.1, -0.05) is 24.3 Å². The molecule has 6 nitrogen and oxygen atoms in total. The topological polar surface area (TPSA) is 69.6 Å². The van der Waals surface area contributed by atoms with Gasteiger partial charge in [-0.25, -0.2) is 0 Å². The van der Waals surface area contributed by atoms with Gasteiger partial charge in [-0.15, -0.1) is 0 Å². The van der Waals surface area contributed by atoms with Crippen molar-refractivity contribution in [3.8, 4) is 11.5 Å². The molecule has 0 fully saturated rings. The van der Waals surface area contributed by atoms with Crippen molar-refractivity contribution in [1.29, 1.82) is 0 Å². The van der Waals surface area contributed by atoms with Crippen LogP contribution in [0.15, 0.2) is 48.7 Å². The molecule has 31 heavy (non-hydrogen) atoms. The highest BCUT2D eigenvalue weighted by Gasteiger charge is 2.40. The summed E-state index contributed by atoms with van der Waals surface area (Å²) in [4.78, 5) is 24.2. The fraction of sp³-hybridized carbons (Fsp3) is 0.273. The van der Waals surface area contributed by atoms with Crippen LogP contribution < -0.4 is 14.8 Å². The number of amides is 1. The van der Waals surface area contributed by atoms with E-state index in [2.05, 4.69) is 5.32 Å². The standard InChI is InChI=1S/C22H19F3N2O4/c23-22(24,25)21(29)16-12-27(17-5-2-1-4-15(16)17)13-20(28)26-11-14-6-7-18-19(10-14)31-9-3-8-30-18/h1-2,4-7,10,12H,3,8-9,11,13H2,(H,26,28). The van der Waals surface area contributed by atoms with Crippen LogP contribution in [0.2, 0.25) is 0 Å². The number of nitrogens with one attached hydrogen (secondary N) is 1. The molecule has 1 aliphatic heterocycles. The molecule has 9 heteroatoms. The zero-order chi connectivity index (χ0) is 22.0. The molecular weight excluding hydrogens is 413 g/mol. The Hall–Kier alpha value is -3.49. The first-order chi connectivity index (χ1) is 14.8. The lowest BCUT2D eigenvalue weighted by Gasteiger charge is -2.11. The van der Waals surface area contributed by atoms with Gasteiger partial charge in [-0.2, -0.15) is 13.2 Å². The largest absolute Gasteiger partial charge is 0.490 e. The van der Waals surface area contributed by atoms with Crippen molar-refractivity contribution in [3.63, 3.8) is 0 Å². The fourth-order valence-corrected chi connectivity index (χ4v) is 3.44. The Morgan fingerprint density at radius 1 is 1.03 bits per heavy atom. The quantitative estimate of drug-likeness (QED) is 0.622. The lowest BCUT2D eigenvalue weighted by atomic mass is 10.1. The molecule has 2 aromatic carbocycles. The predicted octanol–water partition coefficient (Wildman–Crippen LogP) is 3.86. The van der Waals surface area contributed by atoms with E-state index in [-0.39, 0.29) is 18.5 Å². The summed E-state index contributed by atoms with van der Waals surface area (Å²) < 4.78 is 51.3. The van der Waals surface area contributed by atoms with Crippen molar-refractivity contribution in [3.05, 3.63) is 59.8 Å². The van der Waals surface area contributed by atoms with Crippen molar-refractivity contribution in [2.75, 3.05) is 13.2 Å². The van der Waals surface area contributed by atoms with Crippen LogP contribution in [0.1, 0.15) is 22.3 Å². The van der Waals surface area contributed by atoms with Gasteiger partial charge in [0.05, 0.1) is 18.8 Å². The van der Waals surface area contributed by atoms with Gasteiger partial charge in [0, 0.05) is 30.1 Å². The monoisotopic (exact) mass is 432 g/mol. The van der Waals surface area contributed by atoms with Gasteiger partial charge in [-0.05, 0) is 23.8 Å². The number of rotatable bonds is 5. The Kier molecular flexibility index (Phi) is 5.58. The highest BCUT2D eigenvalue weighted by atomic mass is 19.4. The first kappa shape index (κ1) is 20.8. The van der Waals surface area contributed by atoms with Crippen LogP contribution in [-0.4, -0.2) is 35.6 Å². The van der Waals surface area contributed by atoms with E-state index in [9.17, 15) is 22.8 Å². The number of Topliss-reactive ketones (excluding diaryl/α,β-unsaturated/α-hetero) is 1. The summed E-state index contributed by atoms with van der Waals surface area (Å²) in [5, 5.41) is 2.89. The first-order valence-electron chi connectivity index (χ1n) is 9.67. The number of nitrogens with zero attached hydrogens (tertiary/aromatic N) is 1. The molecule has 0 bridgehead atoms. The van der Waals surface area contributed by atoms with Crippen molar-refractivity contribution in [1.82, 2.24) is 9.88 Å². The van der Waals surface area contributed by atoms with Crippen molar-refractivity contribution >= 4 is 22.6 Å². The number of fused-ring (bicyclic) bond motifs is 2. The van der Waals surface area contributed by atoms with Crippen LogP contribution in [0, 0.1) is 0 Å². The van der Waals surface area contributed by atoms with Gasteiger partial charge in [-0.3, -0.25) is 9.59 Å². The van der Waals surface area contributed by atoms with Crippen LogP contribution in [0.25, 0.3) is 10.9 Å². The average molecular weight is 432 g/mol. The van der Waals surface area contributed by atoms with Crippen LogP contribution in [0.4, 0.5) is 13.2 Å². The zero-order valence-electron chi connectivity index (χ0n) is 16.4.